The summed E-state index contributed by atoms with van der Waals surface area (Å²) in [6.45, 7) is 8.62. The molecule has 7 atom stereocenters. The van der Waals surface area contributed by atoms with E-state index in [1.807, 2.05) is 13.8 Å². The van der Waals surface area contributed by atoms with Gasteiger partial charge in [-0.25, -0.2) is 0 Å². The van der Waals surface area contributed by atoms with Crippen LogP contribution in [0.25, 0.3) is 0 Å². The molecule has 4 aliphatic carbocycles. The van der Waals surface area contributed by atoms with Crippen molar-refractivity contribution in [3.05, 3.63) is 0 Å². The van der Waals surface area contributed by atoms with Crippen LogP contribution in [0.2, 0.25) is 0 Å². The van der Waals surface area contributed by atoms with Gasteiger partial charge in [0.2, 0.25) is 0 Å². The van der Waals surface area contributed by atoms with E-state index in [0.29, 0.717) is 23.0 Å². The van der Waals surface area contributed by atoms with Gasteiger partial charge in [0.25, 0.3) is 0 Å². The smallest absolute Gasteiger partial charge is 0.308 e. The van der Waals surface area contributed by atoms with Crippen molar-refractivity contribution in [3.8, 4) is 0 Å². The highest BCUT2D eigenvalue weighted by atomic mass is 16.5. The van der Waals surface area contributed by atoms with Crippen LogP contribution >= 0.6 is 0 Å². The molecule has 4 aliphatic rings. The third kappa shape index (κ3) is 2.67. The molecular weight excluding hydrogens is 324 g/mol. The van der Waals surface area contributed by atoms with E-state index in [1.54, 1.807) is 0 Å². The first-order valence-corrected chi connectivity index (χ1v) is 11.0. The lowest BCUT2D eigenvalue weighted by atomic mass is 9.45. The normalized spacial score (nSPS) is 47.9. The van der Waals surface area contributed by atoms with Gasteiger partial charge in [-0.1, -0.05) is 27.7 Å². The Morgan fingerprint density at radius 1 is 1.04 bits per heavy atom. The molecule has 0 radical (unpaired) electrons. The molecule has 0 aromatic carbocycles. The van der Waals surface area contributed by atoms with Gasteiger partial charge in [-0.05, 0) is 80.5 Å². The Hall–Kier alpha value is -0.860. The molecule has 0 bridgehead atoms. The molecule has 26 heavy (non-hydrogen) atoms. The number of hydrogen-bond donors (Lipinski definition) is 0. The molecule has 4 rings (SSSR count). The van der Waals surface area contributed by atoms with Crippen molar-refractivity contribution in [2.45, 2.75) is 91.6 Å². The van der Waals surface area contributed by atoms with Crippen LogP contribution in [0.4, 0.5) is 0 Å². The Labute approximate surface area is 158 Å². The third-order valence-corrected chi connectivity index (χ3v) is 9.08. The highest BCUT2D eigenvalue weighted by molar-refractivity contribution is 5.87. The minimum atomic E-state index is -0.0369. The molecule has 0 heterocycles. The summed E-state index contributed by atoms with van der Waals surface area (Å²) in [6.07, 6.45) is 10.2. The summed E-state index contributed by atoms with van der Waals surface area (Å²) in [4.78, 5) is 24.5. The fourth-order valence-electron chi connectivity index (χ4n) is 7.40. The maximum atomic E-state index is 12.5. The van der Waals surface area contributed by atoms with Gasteiger partial charge < -0.3 is 4.74 Å². The molecule has 0 aromatic rings. The van der Waals surface area contributed by atoms with E-state index in [0.717, 1.165) is 43.9 Å². The lowest BCUT2D eigenvalue weighted by Crippen LogP contribution is -2.54. The van der Waals surface area contributed by atoms with E-state index >= 15 is 0 Å². The SMILES string of the molecule is CC(C)C(=O)O[C@H]1CC[C@@]2(C)[C@@H](CC[C@@H]3[C@@H]2CC[C@]2(C)C(=O)CC[C@@H]32)C1. The lowest BCUT2D eigenvalue weighted by Gasteiger charge is -2.60. The number of carbonyl (C=O) groups is 2. The molecular formula is C23H36O3. The van der Waals surface area contributed by atoms with E-state index in [9.17, 15) is 9.59 Å². The summed E-state index contributed by atoms with van der Waals surface area (Å²) >= 11 is 0. The van der Waals surface area contributed by atoms with E-state index in [-0.39, 0.29) is 23.4 Å². The number of fused-ring (bicyclic) bond motifs is 5. The number of ether oxygens (including phenoxy) is 1. The molecule has 4 saturated carbocycles. The first kappa shape index (κ1) is 18.5. The first-order valence-electron chi connectivity index (χ1n) is 11.0. The molecule has 4 fully saturated rings. The lowest BCUT2D eigenvalue weighted by molar-refractivity contribution is -0.165. The highest BCUT2D eigenvalue weighted by Gasteiger charge is 2.60. The van der Waals surface area contributed by atoms with E-state index in [2.05, 4.69) is 13.8 Å². The van der Waals surface area contributed by atoms with Gasteiger partial charge in [-0.15, -0.1) is 0 Å². The average molecular weight is 361 g/mol. The van der Waals surface area contributed by atoms with Crippen LogP contribution < -0.4 is 0 Å². The minimum absolute atomic E-state index is 0.0195. The minimum Gasteiger partial charge on any atom is -0.462 e. The highest BCUT2D eigenvalue weighted by Crippen LogP contribution is 2.65. The molecule has 0 aromatic heterocycles. The van der Waals surface area contributed by atoms with Crippen molar-refractivity contribution < 1.29 is 14.3 Å². The Morgan fingerprint density at radius 3 is 2.54 bits per heavy atom. The molecule has 0 N–H and O–H groups in total. The first-order chi connectivity index (χ1) is 12.3. The molecule has 0 saturated heterocycles. The Morgan fingerprint density at radius 2 is 1.81 bits per heavy atom. The summed E-state index contributed by atoms with van der Waals surface area (Å²) in [6, 6.07) is 0. The summed E-state index contributed by atoms with van der Waals surface area (Å²) in [5.41, 5.74) is 0.366. The number of Topliss-reactive ketones (excluding diaryl/α,β-unsaturated/α-hetero) is 1. The zero-order chi connectivity index (χ0) is 18.7. The number of rotatable bonds is 2. The second kappa shape index (κ2) is 6.34. The predicted octanol–water partition coefficient (Wildman–Crippen LogP) is 5.17. The van der Waals surface area contributed by atoms with E-state index in [1.165, 1.54) is 25.7 Å². The van der Waals surface area contributed by atoms with E-state index < -0.39 is 0 Å². The summed E-state index contributed by atoms with van der Waals surface area (Å²) in [7, 11) is 0. The molecule has 0 spiro atoms. The van der Waals surface area contributed by atoms with Crippen LogP contribution in [0, 0.1) is 40.4 Å². The second-order valence-electron chi connectivity index (χ2n) is 10.6. The van der Waals surface area contributed by atoms with Crippen molar-refractivity contribution in [1.82, 2.24) is 0 Å². The van der Waals surface area contributed by atoms with Gasteiger partial charge in [0.15, 0.2) is 0 Å². The van der Waals surface area contributed by atoms with Crippen LogP contribution in [0.1, 0.15) is 85.5 Å². The number of esters is 1. The van der Waals surface area contributed by atoms with Gasteiger partial charge in [-0.2, -0.15) is 0 Å². The Balaban J connectivity index is 1.49. The second-order valence-corrected chi connectivity index (χ2v) is 10.6. The van der Waals surface area contributed by atoms with Crippen LogP contribution in [0.3, 0.4) is 0 Å². The van der Waals surface area contributed by atoms with Crippen LogP contribution in [-0.4, -0.2) is 17.9 Å². The predicted molar refractivity (Wildman–Crippen MR) is 101 cm³/mol. The molecule has 0 amide bonds. The number of hydrogen-bond acceptors (Lipinski definition) is 3. The maximum absolute atomic E-state index is 12.5. The van der Waals surface area contributed by atoms with Gasteiger partial charge in [0.1, 0.15) is 11.9 Å². The van der Waals surface area contributed by atoms with Gasteiger partial charge >= 0.3 is 5.97 Å². The summed E-state index contributed by atoms with van der Waals surface area (Å²) in [5.74, 6) is 3.30. The van der Waals surface area contributed by atoms with Crippen molar-refractivity contribution >= 4 is 11.8 Å². The van der Waals surface area contributed by atoms with Gasteiger partial charge in [0, 0.05) is 11.8 Å². The van der Waals surface area contributed by atoms with Crippen LogP contribution in [-0.2, 0) is 14.3 Å². The van der Waals surface area contributed by atoms with Crippen LogP contribution in [0.5, 0.6) is 0 Å². The Bertz CT molecular complexity index is 596. The quantitative estimate of drug-likeness (QED) is 0.638. The summed E-state index contributed by atoms with van der Waals surface area (Å²) < 4.78 is 5.80. The van der Waals surface area contributed by atoms with E-state index in [4.69, 9.17) is 4.74 Å². The Kier molecular flexibility index (Phi) is 4.51. The van der Waals surface area contributed by atoms with Crippen molar-refractivity contribution in [1.29, 1.82) is 0 Å². The van der Waals surface area contributed by atoms with Gasteiger partial charge in [-0.3, -0.25) is 9.59 Å². The fourth-order valence-corrected chi connectivity index (χ4v) is 7.40. The monoisotopic (exact) mass is 360 g/mol. The standard InChI is InChI=1S/C23H36O3/c1-14(2)21(25)26-16-9-11-22(3)15(13-16)5-6-17-18-7-8-20(24)23(18,4)12-10-19(17)22/h14-19H,5-13H2,1-4H3/t15-,16-,17-,18-,19-,22-,23-/m0/s1. The van der Waals surface area contributed by atoms with Crippen molar-refractivity contribution in [3.63, 3.8) is 0 Å². The zero-order valence-corrected chi connectivity index (χ0v) is 17.1. The topological polar surface area (TPSA) is 43.4 Å². The maximum Gasteiger partial charge on any atom is 0.308 e. The number of carbonyl (C=O) groups excluding carboxylic acids is 2. The zero-order valence-electron chi connectivity index (χ0n) is 17.1. The van der Waals surface area contributed by atoms with Crippen LogP contribution in [0.15, 0.2) is 0 Å². The largest absolute Gasteiger partial charge is 0.462 e. The molecule has 0 unspecified atom stereocenters. The summed E-state index contributed by atoms with van der Waals surface area (Å²) in [5, 5.41) is 0. The molecule has 3 heteroatoms. The number of ketones is 1. The molecule has 146 valence electrons. The molecule has 0 aliphatic heterocycles. The third-order valence-electron chi connectivity index (χ3n) is 9.08. The average Bonchev–Trinajstić information content (AvgIpc) is 2.90. The van der Waals surface area contributed by atoms with Crippen molar-refractivity contribution in [2.24, 2.45) is 40.4 Å². The van der Waals surface area contributed by atoms with Gasteiger partial charge in [0.05, 0.1) is 5.92 Å². The van der Waals surface area contributed by atoms with Crippen molar-refractivity contribution in [2.75, 3.05) is 0 Å². The fraction of sp³-hybridized carbons (Fsp3) is 0.913. The molecule has 3 nitrogen and oxygen atoms in total.